The van der Waals surface area contributed by atoms with E-state index in [1.165, 1.54) is 4.31 Å². The fraction of sp³-hybridized carbons (Fsp3) is 0.600. The molecule has 116 valence electrons. The first-order chi connectivity index (χ1) is 9.91. The van der Waals surface area contributed by atoms with Gasteiger partial charge in [-0.05, 0) is 37.8 Å². The van der Waals surface area contributed by atoms with Crippen LogP contribution in [-0.2, 0) is 10.0 Å². The van der Waals surface area contributed by atoms with Gasteiger partial charge in [0, 0.05) is 32.2 Å². The van der Waals surface area contributed by atoms with E-state index >= 15 is 0 Å². The summed E-state index contributed by atoms with van der Waals surface area (Å²) in [5.41, 5.74) is 6.95. The molecule has 2 aliphatic rings. The van der Waals surface area contributed by atoms with E-state index in [0.29, 0.717) is 17.0 Å². The molecular weight excluding hydrogens is 286 g/mol. The van der Waals surface area contributed by atoms with Gasteiger partial charge < -0.3 is 10.6 Å². The van der Waals surface area contributed by atoms with Gasteiger partial charge in [-0.1, -0.05) is 12.1 Å². The van der Waals surface area contributed by atoms with Gasteiger partial charge in [-0.2, -0.15) is 0 Å². The van der Waals surface area contributed by atoms with E-state index in [9.17, 15) is 8.42 Å². The highest BCUT2D eigenvalue weighted by molar-refractivity contribution is 7.89. The van der Waals surface area contributed by atoms with Gasteiger partial charge >= 0.3 is 0 Å². The van der Waals surface area contributed by atoms with Gasteiger partial charge in [-0.3, -0.25) is 0 Å². The minimum Gasteiger partial charge on any atom is -0.364 e. The Labute approximate surface area is 126 Å². The van der Waals surface area contributed by atoms with Gasteiger partial charge in [0.15, 0.2) is 0 Å². The van der Waals surface area contributed by atoms with Crippen LogP contribution in [0.25, 0.3) is 0 Å². The first-order valence-corrected chi connectivity index (χ1v) is 8.90. The van der Waals surface area contributed by atoms with Crippen molar-refractivity contribution in [3.8, 4) is 0 Å². The molecule has 2 saturated heterocycles. The van der Waals surface area contributed by atoms with E-state index in [4.69, 9.17) is 5.73 Å². The van der Waals surface area contributed by atoms with Crippen LogP contribution in [0.15, 0.2) is 29.2 Å². The smallest absolute Gasteiger partial charge is 0.244 e. The van der Waals surface area contributed by atoms with E-state index in [-0.39, 0.29) is 6.04 Å². The molecule has 5 nitrogen and oxygen atoms in total. The fourth-order valence-electron chi connectivity index (χ4n) is 3.70. The zero-order valence-corrected chi connectivity index (χ0v) is 13.4. The second-order valence-electron chi connectivity index (χ2n) is 6.28. The van der Waals surface area contributed by atoms with Crippen LogP contribution in [0.1, 0.15) is 25.7 Å². The van der Waals surface area contributed by atoms with Gasteiger partial charge in [-0.25, -0.2) is 12.7 Å². The lowest BCUT2D eigenvalue weighted by Gasteiger charge is -2.40. The molecule has 0 aromatic heterocycles. The Hall–Kier alpha value is -1.11. The second kappa shape index (κ2) is 5.26. The standard InChI is InChI=1S/C15H23N3O2S/c1-17(2)21(19,20)15-6-4-3-5-14(15)18-12-7-8-13(18)10-11(16)9-12/h3-6,11-13H,7-10,16H2,1-2H3. The quantitative estimate of drug-likeness (QED) is 0.916. The van der Waals surface area contributed by atoms with Crippen molar-refractivity contribution in [1.82, 2.24) is 4.31 Å². The number of sulfonamides is 1. The van der Waals surface area contributed by atoms with Gasteiger partial charge in [0.25, 0.3) is 0 Å². The van der Waals surface area contributed by atoms with Crippen molar-refractivity contribution in [2.45, 2.75) is 48.7 Å². The summed E-state index contributed by atoms with van der Waals surface area (Å²) >= 11 is 0. The Morgan fingerprint density at radius 1 is 1.14 bits per heavy atom. The number of hydrogen-bond acceptors (Lipinski definition) is 4. The average Bonchev–Trinajstić information content (AvgIpc) is 2.70. The van der Waals surface area contributed by atoms with Crippen LogP contribution in [0, 0.1) is 0 Å². The minimum atomic E-state index is -3.43. The molecule has 2 unspecified atom stereocenters. The van der Waals surface area contributed by atoms with E-state index in [1.54, 1.807) is 26.2 Å². The van der Waals surface area contributed by atoms with E-state index in [2.05, 4.69) is 4.90 Å². The SMILES string of the molecule is CN(C)S(=O)(=O)c1ccccc1N1C2CCC1CC(N)C2. The highest BCUT2D eigenvalue weighted by Crippen LogP contribution is 2.41. The molecule has 6 heteroatoms. The summed E-state index contributed by atoms with van der Waals surface area (Å²) in [7, 11) is -0.277. The highest BCUT2D eigenvalue weighted by Gasteiger charge is 2.41. The summed E-state index contributed by atoms with van der Waals surface area (Å²) in [5.74, 6) is 0. The highest BCUT2D eigenvalue weighted by atomic mass is 32.2. The predicted octanol–water partition coefficient (Wildman–Crippen LogP) is 1.40. The summed E-state index contributed by atoms with van der Waals surface area (Å²) in [6.45, 7) is 0. The molecule has 21 heavy (non-hydrogen) atoms. The minimum absolute atomic E-state index is 0.247. The van der Waals surface area contributed by atoms with Gasteiger partial charge in [0.1, 0.15) is 4.90 Å². The molecule has 0 spiro atoms. The third-order valence-electron chi connectivity index (χ3n) is 4.67. The fourth-order valence-corrected chi connectivity index (χ4v) is 4.78. The molecule has 1 aromatic carbocycles. The molecule has 2 aliphatic heterocycles. The monoisotopic (exact) mass is 309 g/mol. The van der Waals surface area contributed by atoms with Crippen molar-refractivity contribution in [2.75, 3.05) is 19.0 Å². The second-order valence-corrected chi connectivity index (χ2v) is 8.40. The molecule has 0 aliphatic carbocycles. The summed E-state index contributed by atoms with van der Waals surface area (Å²) in [6, 6.07) is 8.33. The number of hydrogen-bond donors (Lipinski definition) is 1. The Bertz CT molecular complexity index is 616. The average molecular weight is 309 g/mol. The topological polar surface area (TPSA) is 66.6 Å². The molecule has 2 heterocycles. The van der Waals surface area contributed by atoms with Crippen LogP contribution in [0.2, 0.25) is 0 Å². The number of nitrogens with zero attached hydrogens (tertiary/aromatic N) is 2. The van der Waals surface area contributed by atoms with Crippen molar-refractivity contribution in [2.24, 2.45) is 5.73 Å². The lowest BCUT2D eigenvalue weighted by Crippen LogP contribution is -2.48. The molecule has 1 aromatic rings. The van der Waals surface area contributed by atoms with Crippen molar-refractivity contribution < 1.29 is 8.42 Å². The van der Waals surface area contributed by atoms with Crippen LogP contribution in [0.3, 0.4) is 0 Å². The normalized spacial score (nSPS) is 29.1. The summed E-state index contributed by atoms with van der Waals surface area (Å²) in [6.07, 6.45) is 4.11. The van der Waals surface area contributed by atoms with Crippen LogP contribution in [-0.4, -0.2) is 44.9 Å². The summed E-state index contributed by atoms with van der Waals surface area (Å²) in [4.78, 5) is 2.71. The number of benzene rings is 1. The molecule has 0 radical (unpaired) electrons. The third-order valence-corrected chi connectivity index (χ3v) is 6.53. The number of rotatable bonds is 3. The van der Waals surface area contributed by atoms with Gasteiger partial charge in [-0.15, -0.1) is 0 Å². The third kappa shape index (κ3) is 2.45. The molecular formula is C15H23N3O2S. The van der Waals surface area contributed by atoms with Gasteiger partial charge in [0.05, 0.1) is 5.69 Å². The molecule has 2 N–H and O–H groups in total. The molecule has 2 bridgehead atoms. The predicted molar refractivity (Wildman–Crippen MR) is 83.8 cm³/mol. The largest absolute Gasteiger partial charge is 0.364 e. The van der Waals surface area contributed by atoms with Crippen molar-refractivity contribution in [3.05, 3.63) is 24.3 Å². The van der Waals surface area contributed by atoms with Crippen LogP contribution >= 0.6 is 0 Å². The van der Waals surface area contributed by atoms with Crippen LogP contribution in [0.4, 0.5) is 5.69 Å². The van der Waals surface area contributed by atoms with Crippen molar-refractivity contribution in [3.63, 3.8) is 0 Å². The Balaban J connectivity index is 2.05. The Morgan fingerprint density at radius 2 is 1.71 bits per heavy atom. The number of para-hydroxylation sites is 1. The summed E-state index contributed by atoms with van der Waals surface area (Å²) in [5, 5.41) is 0. The number of nitrogens with two attached hydrogens (primary N) is 1. The number of piperidine rings is 1. The maximum atomic E-state index is 12.6. The first kappa shape index (κ1) is 14.8. The Morgan fingerprint density at radius 3 is 2.29 bits per heavy atom. The van der Waals surface area contributed by atoms with Crippen molar-refractivity contribution in [1.29, 1.82) is 0 Å². The summed E-state index contributed by atoms with van der Waals surface area (Å²) < 4.78 is 26.4. The van der Waals surface area contributed by atoms with E-state index in [1.807, 2.05) is 12.1 Å². The number of fused-ring (bicyclic) bond motifs is 2. The maximum absolute atomic E-state index is 12.6. The number of anilines is 1. The zero-order chi connectivity index (χ0) is 15.2. The lowest BCUT2D eigenvalue weighted by atomic mass is 9.97. The lowest BCUT2D eigenvalue weighted by molar-refractivity contribution is 0.412. The van der Waals surface area contributed by atoms with Gasteiger partial charge in [0.2, 0.25) is 10.0 Å². The Kier molecular flexibility index (Phi) is 3.71. The molecule has 0 saturated carbocycles. The first-order valence-electron chi connectivity index (χ1n) is 7.46. The van der Waals surface area contributed by atoms with Crippen LogP contribution < -0.4 is 10.6 Å². The molecule has 0 amide bonds. The van der Waals surface area contributed by atoms with E-state index in [0.717, 1.165) is 31.4 Å². The maximum Gasteiger partial charge on any atom is 0.244 e. The molecule has 2 fully saturated rings. The van der Waals surface area contributed by atoms with Crippen LogP contribution in [0.5, 0.6) is 0 Å². The zero-order valence-electron chi connectivity index (χ0n) is 12.6. The van der Waals surface area contributed by atoms with E-state index < -0.39 is 10.0 Å². The molecule has 2 atom stereocenters. The van der Waals surface area contributed by atoms with Crippen molar-refractivity contribution >= 4 is 15.7 Å². The molecule has 3 rings (SSSR count).